The van der Waals surface area contributed by atoms with Crippen LogP contribution in [-0.2, 0) is 0 Å². The lowest BCUT2D eigenvalue weighted by molar-refractivity contribution is 0.867. The van der Waals surface area contributed by atoms with Crippen LogP contribution in [0.2, 0.25) is 5.28 Å². The number of benzene rings is 1. The molecule has 4 nitrogen and oxygen atoms in total. The normalized spacial score (nSPS) is 11.4. The Morgan fingerprint density at radius 3 is 2.53 bits per heavy atom. The molecule has 2 heterocycles. The van der Waals surface area contributed by atoms with E-state index in [-0.39, 0.29) is 5.28 Å². The van der Waals surface area contributed by atoms with Gasteiger partial charge in [-0.3, -0.25) is 5.10 Å². The number of H-pyrrole nitrogens is 1. The molecule has 0 radical (unpaired) electrons. The first-order valence-electron chi connectivity index (χ1n) is 6.12. The Morgan fingerprint density at radius 2 is 1.84 bits per heavy atom. The van der Waals surface area contributed by atoms with Gasteiger partial charge in [0.25, 0.3) is 0 Å². The molecule has 0 aliphatic heterocycles. The van der Waals surface area contributed by atoms with Gasteiger partial charge in [0.2, 0.25) is 5.28 Å². The molecule has 0 atom stereocenters. The van der Waals surface area contributed by atoms with Crippen molar-refractivity contribution in [1.29, 1.82) is 0 Å². The van der Waals surface area contributed by atoms with E-state index in [1.165, 1.54) is 5.56 Å². The molecule has 96 valence electrons. The van der Waals surface area contributed by atoms with E-state index in [1.807, 2.05) is 0 Å². The highest BCUT2D eigenvalue weighted by molar-refractivity contribution is 6.28. The van der Waals surface area contributed by atoms with Crippen LogP contribution in [0.3, 0.4) is 0 Å². The summed E-state index contributed by atoms with van der Waals surface area (Å²) in [5, 5.41) is 7.90. The predicted octanol–water partition coefficient (Wildman–Crippen LogP) is 3.80. The first kappa shape index (κ1) is 12.1. The fourth-order valence-electron chi connectivity index (χ4n) is 2.05. The van der Waals surface area contributed by atoms with Crippen LogP contribution in [0.5, 0.6) is 0 Å². The van der Waals surface area contributed by atoms with Crippen LogP contribution in [0.15, 0.2) is 30.5 Å². The minimum Gasteiger partial charge on any atom is -0.261 e. The smallest absolute Gasteiger partial charge is 0.224 e. The third-order valence-corrected chi connectivity index (χ3v) is 3.30. The maximum Gasteiger partial charge on any atom is 0.224 e. The zero-order valence-electron chi connectivity index (χ0n) is 10.7. The molecule has 19 heavy (non-hydrogen) atoms. The van der Waals surface area contributed by atoms with Gasteiger partial charge in [0.05, 0.1) is 17.3 Å². The molecular formula is C14H13ClN4. The Kier molecular flexibility index (Phi) is 2.95. The van der Waals surface area contributed by atoms with Gasteiger partial charge in [-0.15, -0.1) is 0 Å². The van der Waals surface area contributed by atoms with Crippen LogP contribution in [0.1, 0.15) is 25.3 Å². The first-order valence-corrected chi connectivity index (χ1v) is 6.50. The molecule has 0 saturated heterocycles. The molecule has 3 rings (SSSR count). The molecule has 0 amide bonds. The number of rotatable bonds is 2. The Labute approximate surface area is 115 Å². The summed E-state index contributed by atoms with van der Waals surface area (Å²) in [6.07, 6.45) is 1.72. The molecule has 5 heteroatoms. The van der Waals surface area contributed by atoms with Gasteiger partial charge in [-0.2, -0.15) is 10.1 Å². The summed E-state index contributed by atoms with van der Waals surface area (Å²) in [6, 6.07) is 8.34. The van der Waals surface area contributed by atoms with Gasteiger partial charge in [0.1, 0.15) is 0 Å². The molecule has 0 spiro atoms. The van der Waals surface area contributed by atoms with E-state index in [9.17, 15) is 0 Å². The molecule has 0 bridgehead atoms. The number of nitrogens with one attached hydrogen (secondary N) is 1. The molecule has 0 aliphatic carbocycles. The van der Waals surface area contributed by atoms with Crippen LogP contribution >= 0.6 is 11.6 Å². The third kappa shape index (κ3) is 2.19. The van der Waals surface area contributed by atoms with E-state index in [2.05, 4.69) is 58.3 Å². The molecular weight excluding hydrogens is 260 g/mol. The second kappa shape index (κ2) is 4.63. The third-order valence-electron chi connectivity index (χ3n) is 3.13. The van der Waals surface area contributed by atoms with Gasteiger partial charge in [-0.1, -0.05) is 38.1 Å². The molecule has 1 N–H and O–H groups in total. The van der Waals surface area contributed by atoms with Crippen LogP contribution in [0, 0.1) is 0 Å². The molecule has 3 aromatic rings. The lowest BCUT2D eigenvalue weighted by atomic mass is 10.0. The highest BCUT2D eigenvalue weighted by Crippen LogP contribution is 2.27. The zero-order chi connectivity index (χ0) is 13.4. The van der Waals surface area contributed by atoms with Crippen LogP contribution in [0.4, 0.5) is 0 Å². The standard InChI is InChI=1S/C14H13ClN4/c1-8(2)9-3-5-10(6-4-9)12-11-7-16-19-13(11)18-14(15)17-12/h3-8H,1-2H3,(H,16,17,18,19). The van der Waals surface area contributed by atoms with Crippen molar-refractivity contribution in [3.05, 3.63) is 41.3 Å². The van der Waals surface area contributed by atoms with E-state index in [1.54, 1.807) is 6.20 Å². The quantitative estimate of drug-likeness (QED) is 0.722. The second-order valence-corrected chi connectivity index (χ2v) is 5.09. The Hall–Kier alpha value is -1.94. The van der Waals surface area contributed by atoms with Crippen LogP contribution < -0.4 is 0 Å². The summed E-state index contributed by atoms with van der Waals surface area (Å²) in [7, 11) is 0. The molecule has 0 aliphatic rings. The van der Waals surface area contributed by atoms with E-state index in [4.69, 9.17) is 11.6 Å². The van der Waals surface area contributed by atoms with Gasteiger partial charge in [-0.25, -0.2) is 4.98 Å². The van der Waals surface area contributed by atoms with Crippen molar-refractivity contribution in [1.82, 2.24) is 20.2 Å². The summed E-state index contributed by atoms with van der Waals surface area (Å²) in [4.78, 5) is 8.42. The maximum atomic E-state index is 5.94. The number of hydrogen-bond acceptors (Lipinski definition) is 3. The number of nitrogens with zero attached hydrogens (tertiary/aromatic N) is 3. The van der Waals surface area contributed by atoms with Gasteiger partial charge in [0.15, 0.2) is 5.65 Å². The summed E-state index contributed by atoms with van der Waals surface area (Å²) in [6.45, 7) is 4.34. The van der Waals surface area contributed by atoms with Crippen LogP contribution in [0.25, 0.3) is 22.3 Å². The largest absolute Gasteiger partial charge is 0.261 e. The van der Waals surface area contributed by atoms with Crippen molar-refractivity contribution in [2.24, 2.45) is 0 Å². The highest BCUT2D eigenvalue weighted by atomic mass is 35.5. The van der Waals surface area contributed by atoms with Crippen molar-refractivity contribution < 1.29 is 0 Å². The molecule has 0 unspecified atom stereocenters. The Bertz CT molecular complexity index is 716. The fraction of sp³-hybridized carbons (Fsp3) is 0.214. The minimum absolute atomic E-state index is 0.222. The first-order chi connectivity index (χ1) is 9.15. The second-order valence-electron chi connectivity index (χ2n) is 4.75. The van der Waals surface area contributed by atoms with E-state index in [0.29, 0.717) is 11.6 Å². The predicted molar refractivity (Wildman–Crippen MR) is 76.2 cm³/mol. The van der Waals surface area contributed by atoms with Crippen LogP contribution in [-0.4, -0.2) is 20.2 Å². The number of halogens is 1. The number of fused-ring (bicyclic) bond motifs is 1. The summed E-state index contributed by atoms with van der Waals surface area (Å²) >= 11 is 5.94. The van der Waals surface area contributed by atoms with Crippen molar-refractivity contribution in [2.75, 3.05) is 0 Å². The highest BCUT2D eigenvalue weighted by Gasteiger charge is 2.10. The average molecular weight is 273 g/mol. The van der Waals surface area contributed by atoms with Gasteiger partial charge >= 0.3 is 0 Å². The average Bonchev–Trinajstić information content (AvgIpc) is 2.85. The fourth-order valence-corrected chi connectivity index (χ4v) is 2.22. The summed E-state index contributed by atoms with van der Waals surface area (Å²) in [5.41, 5.74) is 3.77. The maximum absolute atomic E-state index is 5.94. The monoisotopic (exact) mass is 272 g/mol. The topological polar surface area (TPSA) is 54.5 Å². The van der Waals surface area contributed by atoms with E-state index >= 15 is 0 Å². The SMILES string of the molecule is CC(C)c1ccc(-c2nc(Cl)nc3[nH]ncc23)cc1. The Morgan fingerprint density at radius 1 is 1.11 bits per heavy atom. The number of aromatic amines is 1. The van der Waals surface area contributed by atoms with Crippen molar-refractivity contribution in [3.63, 3.8) is 0 Å². The number of aromatic nitrogens is 4. The lowest BCUT2D eigenvalue weighted by Crippen LogP contribution is -1.91. The van der Waals surface area contributed by atoms with E-state index < -0.39 is 0 Å². The minimum atomic E-state index is 0.222. The van der Waals surface area contributed by atoms with Gasteiger partial charge < -0.3 is 0 Å². The Balaban J connectivity index is 2.15. The number of hydrogen-bond donors (Lipinski definition) is 1. The van der Waals surface area contributed by atoms with Crippen molar-refractivity contribution in [3.8, 4) is 11.3 Å². The summed E-state index contributed by atoms with van der Waals surface area (Å²) in [5.74, 6) is 0.511. The summed E-state index contributed by atoms with van der Waals surface area (Å²) < 4.78 is 0. The lowest BCUT2D eigenvalue weighted by Gasteiger charge is -2.07. The molecule has 0 fully saturated rings. The molecule has 1 aromatic carbocycles. The van der Waals surface area contributed by atoms with Gasteiger partial charge in [0, 0.05) is 5.56 Å². The zero-order valence-corrected chi connectivity index (χ0v) is 11.4. The molecule has 0 saturated carbocycles. The van der Waals surface area contributed by atoms with Crippen molar-refractivity contribution in [2.45, 2.75) is 19.8 Å². The molecule has 2 aromatic heterocycles. The van der Waals surface area contributed by atoms with Crippen molar-refractivity contribution >= 4 is 22.6 Å². The van der Waals surface area contributed by atoms with E-state index in [0.717, 1.165) is 16.6 Å². The van der Waals surface area contributed by atoms with Gasteiger partial charge in [-0.05, 0) is 23.1 Å².